The molecule has 0 radical (unpaired) electrons. The van der Waals surface area contributed by atoms with Crippen molar-refractivity contribution >= 4 is 11.8 Å². The third kappa shape index (κ3) is 4.35. The molecule has 5 heteroatoms. The second kappa shape index (κ2) is 6.87. The van der Waals surface area contributed by atoms with Gasteiger partial charge in [-0.05, 0) is 18.6 Å². The van der Waals surface area contributed by atoms with Crippen molar-refractivity contribution in [1.29, 1.82) is 0 Å². The normalized spacial score (nSPS) is 10.4. The number of nitrogens with one attached hydrogen (secondary N) is 2. The molecule has 104 valence electrons. The predicted octanol–water partition coefficient (Wildman–Crippen LogP) is 1.64. The van der Waals surface area contributed by atoms with Gasteiger partial charge < -0.3 is 10.6 Å². The van der Waals surface area contributed by atoms with E-state index in [0.29, 0.717) is 12.1 Å². The van der Waals surface area contributed by atoms with Gasteiger partial charge in [0, 0.05) is 19.0 Å². The minimum absolute atomic E-state index is 0.0233. The first-order valence-corrected chi connectivity index (χ1v) is 6.24. The molecule has 0 unspecified atom stereocenters. The smallest absolute Gasteiger partial charge is 0.254 e. The number of hydrogen-bond donors (Lipinski definition) is 2. The second-order valence-corrected chi connectivity index (χ2v) is 4.64. The number of carbonyl (C=O) groups is 2. The van der Waals surface area contributed by atoms with Crippen LogP contribution in [-0.2, 0) is 4.79 Å². The third-order valence-electron chi connectivity index (χ3n) is 2.67. The van der Waals surface area contributed by atoms with E-state index in [2.05, 4.69) is 10.6 Å². The van der Waals surface area contributed by atoms with Crippen molar-refractivity contribution < 1.29 is 14.0 Å². The summed E-state index contributed by atoms with van der Waals surface area (Å²) in [4.78, 5) is 23.0. The first-order chi connectivity index (χ1) is 8.93. The zero-order valence-electron chi connectivity index (χ0n) is 11.4. The van der Waals surface area contributed by atoms with Crippen LogP contribution in [0.4, 0.5) is 4.39 Å². The van der Waals surface area contributed by atoms with E-state index in [1.54, 1.807) is 32.9 Å². The lowest BCUT2D eigenvalue weighted by molar-refractivity contribution is -0.123. The summed E-state index contributed by atoms with van der Waals surface area (Å²) >= 11 is 0. The molecule has 0 fully saturated rings. The highest BCUT2D eigenvalue weighted by Crippen LogP contribution is 2.11. The summed E-state index contributed by atoms with van der Waals surface area (Å²) in [6.45, 7) is 5.78. The van der Waals surface area contributed by atoms with Gasteiger partial charge >= 0.3 is 0 Å². The summed E-state index contributed by atoms with van der Waals surface area (Å²) in [6.07, 6.45) is 0. The van der Waals surface area contributed by atoms with Crippen LogP contribution < -0.4 is 10.6 Å². The molecule has 0 atom stereocenters. The minimum Gasteiger partial charge on any atom is -0.354 e. The lowest BCUT2D eigenvalue weighted by Gasteiger charge is -2.09. The molecule has 0 aliphatic rings. The van der Waals surface area contributed by atoms with E-state index in [0.717, 1.165) is 0 Å². The molecule has 1 rings (SSSR count). The van der Waals surface area contributed by atoms with Crippen LogP contribution in [0, 0.1) is 18.7 Å². The highest BCUT2D eigenvalue weighted by Gasteiger charge is 2.12. The number of hydrogen-bond acceptors (Lipinski definition) is 2. The van der Waals surface area contributed by atoms with Gasteiger partial charge in [-0.25, -0.2) is 4.39 Å². The molecule has 0 saturated heterocycles. The van der Waals surface area contributed by atoms with Crippen LogP contribution in [0.3, 0.4) is 0 Å². The van der Waals surface area contributed by atoms with Crippen LogP contribution in [0.2, 0.25) is 0 Å². The average molecular weight is 266 g/mol. The van der Waals surface area contributed by atoms with Gasteiger partial charge in [-0.3, -0.25) is 9.59 Å². The molecule has 2 amide bonds. The summed E-state index contributed by atoms with van der Waals surface area (Å²) in [6, 6.07) is 4.67. The number of rotatable bonds is 5. The Bertz CT molecular complexity index is 473. The van der Waals surface area contributed by atoms with Crippen LogP contribution in [0.25, 0.3) is 0 Å². The van der Waals surface area contributed by atoms with Gasteiger partial charge in [0.05, 0.1) is 5.56 Å². The summed E-state index contributed by atoms with van der Waals surface area (Å²) in [5, 5.41) is 5.24. The molecule has 0 aliphatic heterocycles. The van der Waals surface area contributed by atoms with Crippen molar-refractivity contribution in [1.82, 2.24) is 10.6 Å². The lowest BCUT2D eigenvalue weighted by Crippen LogP contribution is -2.36. The lowest BCUT2D eigenvalue weighted by atomic mass is 10.1. The molecule has 2 N–H and O–H groups in total. The molecule has 0 aliphatic carbocycles. The van der Waals surface area contributed by atoms with Gasteiger partial charge in [0.15, 0.2) is 0 Å². The Morgan fingerprint density at radius 2 is 1.84 bits per heavy atom. The Morgan fingerprint density at radius 3 is 2.47 bits per heavy atom. The van der Waals surface area contributed by atoms with Crippen LogP contribution in [-0.4, -0.2) is 24.9 Å². The molecule has 0 heterocycles. The monoisotopic (exact) mass is 266 g/mol. The molecular formula is C14H19FN2O2. The molecule has 0 saturated carbocycles. The number of carbonyl (C=O) groups excluding carboxylic acids is 2. The van der Waals surface area contributed by atoms with Gasteiger partial charge in [0.2, 0.25) is 5.91 Å². The molecular weight excluding hydrogens is 247 g/mol. The van der Waals surface area contributed by atoms with Crippen LogP contribution in [0.5, 0.6) is 0 Å². The Balaban J connectivity index is 2.44. The van der Waals surface area contributed by atoms with Crippen LogP contribution >= 0.6 is 0 Å². The van der Waals surface area contributed by atoms with E-state index in [1.165, 1.54) is 6.07 Å². The second-order valence-electron chi connectivity index (χ2n) is 4.64. The first kappa shape index (κ1) is 15.1. The van der Waals surface area contributed by atoms with Gasteiger partial charge in [-0.1, -0.05) is 26.0 Å². The zero-order valence-corrected chi connectivity index (χ0v) is 11.4. The van der Waals surface area contributed by atoms with Crippen LogP contribution in [0.1, 0.15) is 29.8 Å². The predicted molar refractivity (Wildman–Crippen MR) is 71.3 cm³/mol. The quantitative estimate of drug-likeness (QED) is 0.796. The van der Waals surface area contributed by atoms with Crippen molar-refractivity contribution in [2.75, 3.05) is 13.1 Å². The SMILES string of the molecule is Cc1cccc(C(=O)NCCNC(=O)C(C)C)c1F. The number of halogens is 1. The molecule has 1 aromatic carbocycles. The highest BCUT2D eigenvalue weighted by molar-refractivity contribution is 5.94. The topological polar surface area (TPSA) is 58.2 Å². The Morgan fingerprint density at radius 1 is 1.21 bits per heavy atom. The molecule has 0 spiro atoms. The fourth-order valence-corrected chi connectivity index (χ4v) is 1.48. The van der Waals surface area contributed by atoms with Gasteiger partial charge in [0.25, 0.3) is 5.91 Å². The maximum atomic E-state index is 13.7. The van der Waals surface area contributed by atoms with E-state index in [1.807, 2.05) is 0 Å². The van der Waals surface area contributed by atoms with Gasteiger partial charge in [-0.2, -0.15) is 0 Å². The van der Waals surface area contributed by atoms with Crippen LogP contribution in [0.15, 0.2) is 18.2 Å². The Kier molecular flexibility index (Phi) is 5.48. The van der Waals surface area contributed by atoms with Crippen molar-refractivity contribution in [2.24, 2.45) is 5.92 Å². The third-order valence-corrected chi connectivity index (χ3v) is 2.67. The average Bonchev–Trinajstić information content (AvgIpc) is 2.37. The van der Waals surface area contributed by atoms with E-state index in [4.69, 9.17) is 0 Å². The van der Waals surface area contributed by atoms with E-state index in [-0.39, 0.29) is 23.9 Å². The summed E-state index contributed by atoms with van der Waals surface area (Å²) < 4.78 is 13.7. The zero-order chi connectivity index (χ0) is 14.4. The van der Waals surface area contributed by atoms with E-state index >= 15 is 0 Å². The van der Waals surface area contributed by atoms with Crippen molar-refractivity contribution in [3.8, 4) is 0 Å². The summed E-state index contributed by atoms with van der Waals surface area (Å²) in [5.74, 6) is -1.15. The number of benzene rings is 1. The molecule has 1 aromatic rings. The first-order valence-electron chi connectivity index (χ1n) is 6.24. The molecule has 0 aromatic heterocycles. The fraction of sp³-hybridized carbons (Fsp3) is 0.429. The maximum absolute atomic E-state index is 13.7. The van der Waals surface area contributed by atoms with Crippen molar-refractivity contribution in [2.45, 2.75) is 20.8 Å². The number of aryl methyl sites for hydroxylation is 1. The summed E-state index contributed by atoms with van der Waals surface area (Å²) in [5.41, 5.74) is 0.455. The Labute approximate surface area is 112 Å². The minimum atomic E-state index is -0.508. The van der Waals surface area contributed by atoms with Crippen molar-refractivity contribution in [3.05, 3.63) is 35.1 Å². The fourth-order valence-electron chi connectivity index (χ4n) is 1.48. The molecule has 0 bridgehead atoms. The number of amides is 2. The summed E-state index contributed by atoms with van der Waals surface area (Å²) in [7, 11) is 0. The van der Waals surface area contributed by atoms with E-state index < -0.39 is 11.7 Å². The largest absolute Gasteiger partial charge is 0.354 e. The standard InChI is InChI=1S/C14H19FN2O2/c1-9(2)13(18)16-7-8-17-14(19)11-6-4-5-10(3)12(11)15/h4-6,9H,7-8H2,1-3H3,(H,16,18)(H,17,19). The van der Waals surface area contributed by atoms with Gasteiger partial charge in [-0.15, -0.1) is 0 Å². The van der Waals surface area contributed by atoms with E-state index in [9.17, 15) is 14.0 Å². The maximum Gasteiger partial charge on any atom is 0.254 e. The van der Waals surface area contributed by atoms with Crippen molar-refractivity contribution in [3.63, 3.8) is 0 Å². The highest BCUT2D eigenvalue weighted by atomic mass is 19.1. The Hall–Kier alpha value is -1.91. The molecule has 19 heavy (non-hydrogen) atoms. The van der Waals surface area contributed by atoms with Gasteiger partial charge in [0.1, 0.15) is 5.82 Å². The molecule has 4 nitrogen and oxygen atoms in total.